The lowest BCUT2D eigenvalue weighted by Crippen LogP contribution is -2.42. The lowest BCUT2D eigenvalue weighted by Gasteiger charge is -2.19. The number of nitrogens with zero attached hydrogens (tertiary/aromatic N) is 5. The van der Waals surface area contributed by atoms with Gasteiger partial charge in [-0.3, -0.25) is 9.59 Å². The van der Waals surface area contributed by atoms with Crippen LogP contribution in [0.2, 0.25) is 0 Å². The third-order valence-corrected chi connectivity index (χ3v) is 2.90. The Morgan fingerprint density at radius 2 is 1.56 bits per heavy atom. The first kappa shape index (κ1) is 11.9. The second-order valence-corrected chi connectivity index (χ2v) is 3.89. The van der Waals surface area contributed by atoms with Crippen molar-refractivity contribution in [2.45, 2.75) is 6.04 Å². The number of hydrogen-bond acceptors (Lipinski definition) is 3. The Kier molecular flexibility index (Phi) is 2.91. The second kappa shape index (κ2) is 4.38. The van der Waals surface area contributed by atoms with Gasteiger partial charge in [0.15, 0.2) is 6.04 Å². The van der Waals surface area contributed by atoms with Crippen LogP contribution in [0.1, 0.15) is 0 Å². The van der Waals surface area contributed by atoms with Crippen molar-refractivity contribution in [1.82, 2.24) is 0 Å². The number of amides is 2. The number of benzene rings is 1. The van der Waals surface area contributed by atoms with Crippen LogP contribution in [0, 0.1) is 0 Å². The number of hydrogen-bond donors (Lipinski definition) is 0. The van der Waals surface area contributed by atoms with Gasteiger partial charge in [-0.05, 0) is 17.7 Å². The Morgan fingerprint density at radius 1 is 1.11 bits per heavy atom. The summed E-state index contributed by atoms with van der Waals surface area (Å²) in [4.78, 5) is 29.4. The lowest BCUT2D eigenvalue weighted by atomic mass is 10.2. The van der Waals surface area contributed by atoms with Crippen LogP contribution in [-0.4, -0.2) is 32.0 Å². The SMILES string of the molecule is CN1C(=O)C(N=[N+]=[N-])C(=O)N(C)c2ccccc21. The number of para-hydroxylation sites is 2. The highest BCUT2D eigenvalue weighted by molar-refractivity contribution is 6.20. The summed E-state index contributed by atoms with van der Waals surface area (Å²) in [6, 6.07) is 5.66. The molecule has 0 bridgehead atoms. The average Bonchev–Trinajstić information content (AvgIpc) is 2.46. The van der Waals surface area contributed by atoms with Crippen molar-refractivity contribution in [2.24, 2.45) is 5.11 Å². The van der Waals surface area contributed by atoms with E-state index in [4.69, 9.17) is 5.53 Å². The maximum atomic E-state index is 12.1. The van der Waals surface area contributed by atoms with Crippen LogP contribution in [0.3, 0.4) is 0 Å². The van der Waals surface area contributed by atoms with Gasteiger partial charge in [-0.2, -0.15) is 0 Å². The van der Waals surface area contributed by atoms with Gasteiger partial charge < -0.3 is 9.80 Å². The summed E-state index contributed by atoms with van der Waals surface area (Å²) in [5, 5.41) is 3.29. The van der Waals surface area contributed by atoms with Crippen LogP contribution < -0.4 is 9.80 Å². The van der Waals surface area contributed by atoms with Gasteiger partial charge in [-0.15, -0.1) is 0 Å². The summed E-state index contributed by atoms with van der Waals surface area (Å²) >= 11 is 0. The zero-order valence-corrected chi connectivity index (χ0v) is 9.94. The molecule has 0 saturated heterocycles. The minimum atomic E-state index is -1.35. The normalized spacial score (nSPS) is 16.1. The topological polar surface area (TPSA) is 89.4 Å². The summed E-state index contributed by atoms with van der Waals surface area (Å²) in [6.45, 7) is 0. The molecule has 0 spiro atoms. The van der Waals surface area contributed by atoms with Gasteiger partial charge in [-0.25, -0.2) is 0 Å². The van der Waals surface area contributed by atoms with Crippen molar-refractivity contribution >= 4 is 23.2 Å². The van der Waals surface area contributed by atoms with E-state index in [0.717, 1.165) is 0 Å². The van der Waals surface area contributed by atoms with E-state index < -0.39 is 17.9 Å². The second-order valence-electron chi connectivity index (χ2n) is 3.89. The number of azide groups is 1. The van der Waals surface area contributed by atoms with E-state index in [2.05, 4.69) is 10.0 Å². The molecule has 0 saturated carbocycles. The molecule has 92 valence electrons. The Hall–Kier alpha value is -2.53. The third kappa shape index (κ3) is 1.66. The molecule has 2 amide bonds. The lowest BCUT2D eigenvalue weighted by molar-refractivity contribution is -0.127. The van der Waals surface area contributed by atoms with Crippen molar-refractivity contribution in [3.05, 3.63) is 34.7 Å². The molecule has 1 aliphatic heterocycles. The van der Waals surface area contributed by atoms with Crippen molar-refractivity contribution in [3.8, 4) is 0 Å². The van der Waals surface area contributed by atoms with Crippen LogP contribution in [0.15, 0.2) is 29.4 Å². The Labute approximate surface area is 103 Å². The van der Waals surface area contributed by atoms with Gasteiger partial charge in [-0.1, -0.05) is 17.2 Å². The molecule has 1 aliphatic rings. The van der Waals surface area contributed by atoms with E-state index in [9.17, 15) is 9.59 Å². The number of anilines is 2. The number of carbonyl (C=O) groups excluding carboxylic acids is 2. The highest BCUT2D eigenvalue weighted by atomic mass is 16.2. The van der Waals surface area contributed by atoms with Crippen LogP contribution in [0.25, 0.3) is 10.4 Å². The quantitative estimate of drug-likeness (QED) is 0.323. The molecular weight excluding hydrogens is 234 g/mol. The molecule has 0 fully saturated rings. The van der Waals surface area contributed by atoms with E-state index >= 15 is 0 Å². The third-order valence-electron chi connectivity index (χ3n) is 2.90. The molecule has 0 unspecified atom stereocenters. The fraction of sp³-hybridized carbons (Fsp3) is 0.273. The van der Waals surface area contributed by atoms with Crippen LogP contribution >= 0.6 is 0 Å². The predicted octanol–water partition coefficient (Wildman–Crippen LogP) is 1.30. The molecule has 0 aromatic heterocycles. The monoisotopic (exact) mass is 245 g/mol. The molecule has 1 aromatic rings. The van der Waals surface area contributed by atoms with E-state index in [0.29, 0.717) is 11.4 Å². The molecule has 18 heavy (non-hydrogen) atoms. The zero-order chi connectivity index (χ0) is 13.3. The smallest absolute Gasteiger partial charge is 0.245 e. The molecular formula is C11H11N5O2. The van der Waals surface area contributed by atoms with Crippen LogP contribution in [-0.2, 0) is 9.59 Å². The average molecular weight is 245 g/mol. The van der Waals surface area contributed by atoms with Crippen molar-refractivity contribution in [1.29, 1.82) is 0 Å². The molecule has 1 aromatic carbocycles. The Bertz CT molecular complexity index is 523. The van der Waals surface area contributed by atoms with Gasteiger partial charge in [0, 0.05) is 19.0 Å². The first-order valence-electron chi connectivity index (χ1n) is 5.26. The molecule has 0 N–H and O–H groups in total. The first-order valence-corrected chi connectivity index (χ1v) is 5.26. The molecule has 0 aliphatic carbocycles. The molecule has 2 rings (SSSR count). The van der Waals surface area contributed by atoms with Gasteiger partial charge in [0.1, 0.15) is 0 Å². The Morgan fingerprint density at radius 3 is 1.94 bits per heavy atom. The number of fused-ring (bicyclic) bond motifs is 1. The summed E-state index contributed by atoms with van der Waals surface area (Å²) in [7, 11) is 3.10. The molecule has 1 heterocycles. The molecule has 7 heteroatoms. The molecule has 0 radical (unpaired) electrons. The highest BCUT2D eigenvalue weighted by Crippen LogP contribution is 2.31. The van der Waals surface area contributed by atoms with Crippen molar-refractivity contribution < 1.29 is 9.59 Å². The zero-order valence-electron chi connectivity index (χ0n) is 9.94. The molecule has 0 atom stereocenters. The predicted molar refractivity (Wildman–Crippen MR) is 66.2 cm³/mol. The minimum Gasteiger partial charge on any atom is -0.313 e. The number of likely N-dealkylation sites (N-methyl/N-ethyl adjacent to an activating group) is 2. The van der Waals surface area contributed by atoms with Crippen LogP contribution in [0.5, 0.6) is 0 Å². The standard InChI is InChI=1S/C11H11N5O2/c1-15-7-5-3-4-6-8(7)16(2)11(18)9(10(15)17)13-14-12/h3-6,9H,1-2H3. The van der Waals surface area contributed by atoms with E-state index in [1.54, 1.807) is 38.4 Å². The van der Waals surface area contributed by atoms with Gasteiger partial charge in [0.2, 0.25) is 11.8 Å². The summed E-state index contributed by atoms with van der Waals surface area (Å²) < 4.78 is 0. The van der Waals surface area contributed by atoms with E-state index in [1.165, 1.54) is 9.80 Å². The summed E-state index contributed by atoms with van der Waals surface area (Å²) in [5.41, 5.74) is 9.66. The molecule has 7 nitrogen and oxygen atoms in total. The van der Waals surface area contributed by atoms with Crippen LogP contribution in [0.4, 0.5) is 11.4 Å². The largest absolute Gasteiger partial charge is 0.313 e. The maximum Gasteiger partial charge on any atom is 0.245 e. The fourth-order valence-electron chi connectivity index (χ4n) is 1.89. The van der Waals surface area contributed by atoms with Gasteiger partial charge >= 0.3 is 0 Å². The highest BCUT2D eigenvalue weighted by Gasteiger charge is 2.36. The maximum absolute atomic E-state index is 12.1. The summed E-state index contributed by atoms with van der Waals surface area (Å²) in [6.07, 6.45) is 0. The van der Waals surface area contributed by atoms with Gasteiger partial charge in [0.25, 0.3) is 0 Å². The summed E-state index contributed by atoms with van der Waals surface area (Å²) in [5.74, 6) is -1.07. The van der Waals surface area contributed by atoms with Crippen molar-refractivity contribution in [2.75, 3.05) is 23.9 Å². The van der Waals surface area contributed by atoms with Gasteiger partial charge in [0.05, 0.1) is 11.4 Å². The van der Waals surface area contributed by atoms with E-state index in [-0.39, 0.29) is 0 Å². The van der Waals surface area contributed by atoms with E-state index in [1.807, 2.05) is 0 Å². The Balaban J connectivity index is 2.61. The van der Waals surface area contributed by atoms with Crippen molar-refractivity contribution in [3.63, 3.8) is 0 Å². The minimum absolute atomic E-state index is 0.533. The number of carbonyl (C=O) groups is 2. The first-order chi connectivity index (χ1) is 8.57. The number of rotatable bonds is 1. The fourth-order valence-corrected chi connectivity index (χ4v) is 1.89.